The van der Waals surface area contributed by atoms with Gasteiger partial charge < -0.3 is 26.2 Å². The molecule has 0 spiro atoms. The number of anilines is 1. The Bertz CT molecular complexity index is 431. The summed E-state index contributed by atoms with van der Waals surface area (Å²) in [6.07, 6.45) is 0.830. The van der Waals surface area contributed by atoms with E-state index >= 15 is 0 Å². The summed E-state index contributed by atoms with van der Waals surface area (Å²) in [6.45, 7) is 1.47. The van der Waals surface area contributed by atoms with Crippen molar-refractivity contribution in [3.05, 3.63) is 23.8 Å². The highest BCUT2D eigenvalue weighted by Crippen LogP contribution is 2.19. The summed E-state index contributed by atoms with van der Waals surface area (Å²) in [4.78, 5) is 11.6. The number of amides is 2. The summed E-state index contributed by atoms with van der Waals surface area (Å²) < 4.78 is 5.16. The standard InChI is InChI=1S/C12H17N3O3/c13-9-1-2-11(16)8(5-9)6-14-12(17)15-10-3-4-18-7-10/h1-2,5,10,16H,3-4,6-7,13H2,(H2,14,15,17). The second kappa shape index (κ2) is 5.59. The van der Waals surface area contributed by atoms with E-state index in [1.165, 1.54) is 6.07 Å². The highest BCUT2D eigenvalue weighted by atomic mass is 16.5. The van der Waals surface area contributed by atoms with E-state index in [0.29, 0.717) is 24.5 Å². The number of carbonyl (C=O) groups is 1. The Morgan fingerprint density at radius 1 is 1.56 bits per heavy atom. The number of nitrogens with two attached hydrogens (primary N) is 1. The smallest absolute Gasteiger partial charge is 0.315 e. The molecule has 1 heterocycles. The van der Waals surface area contributed by atoms with E-state index in [1.807, 2.05) is 0 Å². The molecule has 6 heteroatoms. The van der Waals surface area contributed by atoms with Crippen molar-refractivity contribution in [3.63, 3.8) is 0 Å². The first-order valence-corrected chi connectivity index (χ1v) is 5.84. The van der Waals surface area contributed by atoms with Crippen molar-refractivity contribution in [2.75, 3.05) is 18.9 Å². The highest BCUT2D eigenvalue weighted by molar-refractivity contribution is 5.74. The molecule has 0 saturated carbocycles. The fraction of sp³-hybridized carbons (Fsp3) is 0.417. The average molecular weight is 251 g/mol. The first-order chi connectivity index (χ1) is 8.65. The van der Waals surface area contributed by atoms with Crippen molar-refractivity contribution in [3.8, 4) is 5.75 Å². The van der Waals surface area contributed by atoms with Crippen LogP contribution in [0.3, 0.4) is 0 Å². The monoisotopic (exact) mass is 251 g/mol. The van der Waals surface area contributed by atoms with E-state index in [2.05, 4.69) is 10.6 Å². The van der Waals surface area contributed by atoms with Crippen LogP contribution in [0.15, 0.2) is 18.2 Å². The number of phenolic OH excluding ortho intramolecular Hbond substituents is 1. The number of hydrogen-bond donors (Lipinski definition) is 4. The van der Waals surface area contributed by atoms with Gasteiger partial charge in [0.05, 0.1) is 12.6 Å². The summed E-state index contributed by atoms with van der Waals surface area (Å²) in [5.41, 5.74) is 6.75. The van der Waals surface area contributed by atoms with Crippen LogP contribution < -0.4 is 16.4 Å². The molecular formula is C12H17N3O3. The zero-order valence-corrected chi connectivity index (χ0v) is 9.98. The number of rotatable bonds is 3. The van der Waals surface area contributed by atoms with Gasteiger partial charge in [0.2, 0.25) is 0 Å². The lowest BCUT2D eigenvalue weighted by Crippen LogP contribution is -2.42. The molecule has 18 heavy (non-hydrogen) atoms. The van der Waals surface area contributed by atoms with Gasteiger partial charge in [0, 0.05) is 24.4 Å². The van der Waals surface area contributed by atoms with Crippen molar-refractivity contribution >= 4 is 11.7 Å². The molecule has 1 saturated heterocycles. The Labute approximate surface area is 105 Å². The van der Waals surface area contributed by atoms with Crippen LogP contribution in [-0.4, -0.2) is 30.4 Å². The third-order valence-electron chi connectivity index (χ3n) is 2.81. The Balaban J connectivity index is 1.83. The maximum Gasteiger partial charge on any atom is 0.315 e. The number of benzene rings is 1. The van der Waals surface area contributed by atoms with Gasteiger partial charge in [0.15, 0.2) is 0 Å². The minimum Gasteiger partial charge on any atom is -0.508 e. The Kier molecular flexibility index (Phi) is 3.88. The Morgan fingerprint density at radius 3 is 3.11 bits per heavy atom. The fourth-order valence-electron chi connectivity index (χ4n) is 1.81. The van der Waals surface area contributed by atoms with Crippen molar-refractivity contribution < 1.29 is 14.6 Å². The summed E-state index contributed by atoms with van der Waals surface area (Å²) in [6, 6.07) is 4.55. The van der Waals surface area contributed by atoms with Gasteiger partial charge in [0.25, 0.3) is 0 Å². The van der Waals surface area contributed by atoms with E-state index in [4.69, 9.17) is 10.5 Å². The number of carbonyl (C=O) groups excluding carboxylic acids is 1. The van der Waals surface area contributed by atoms with E-state index < -0.39 is 0 Å². The van der Waals surface area contributed by atoms with E-state index in [0.717, 1.165) is 6.42 Å². The summed E-state index contributed by atoms with van der Waals surface area (Å²) in [5.74, 6) is 0.119. The first-order valence-electron chi connectivity index (χ1n) is 5.84. The predicted molar refractivity (Wildman–Crippen MR) is 67.1 cm³/mol. The maximum absolute atomic E-state index is 11.6. The third kappa shape index (κ3) is 3.27. The summed E-state index contributed by atoms with van der Waals surface area (Å²) >= 11 is 0. The van der Waals surface area contributed by atoms with Crippen molar-refractivity contribution in [2.24, 2.45) is 0 Å². The van der Waals surface area contributed by atoms with E-state index in [-0.39, 0.29) is 24.4 Å². The minimum absolute atomic E-state index is 0.0689. The van der Waals surface area contributed by atoms with Gasteiger partial charge in [-0.25, -0.2) is 4.79 Å². The molecule has 1 aromatic carbocycles. The van der Waals surface area contributed by atoms with Gasteiger partial charge in [-0.3, -0.25) is 0 Å². The van der Waals surface area contributed by atoms with Crippen molar-refractivity contribution in [2.45, 2.75) is 19.0 Å². The quantitative estimate of drug-likeness (QED) is 0.466. The molecule has 1 atom stereocenters. The van der Waals surface area contributed by atoms with Crippen LogP contribution in [0.4, 0.5) is 10.5 Å². The lowest BCUT2D eigenvalue weighted by molar-refractivity contribution is 0.188. The first kappa shape index (κ1) is 12.5. The second-order valence-electron chi connectivity index (χ2n) is 4.28. The van der Waals surface area contributed by atoms with Crippen molar-refractivity contribution in [1.82, 2.24) is 10.6 Å². The molecule has 6 nitrogen and oxygen atoms in total. The molecule has 0 radical (unpaired) electrons. The summed E-state index contributed by atoms with van der Waals surface area (Å²) in [5, 5.41) is 15.1. The highest BCUT2D eigenvalue weighted by Gasteiger charge is 2.17. The van der Waals surface area contributed by atoms with Gasteiger partial charge in [-0.2, -0.15) is 0 Å². The topological polar surface area (TPSA) is 96.6 Å². The second-order valence-corrected chi connectivity index (χ2v) is 4.28. The summed E-state index contributed by atoms with van der Waals surface area (Å²) in [7, 11) is 0. The lowest BCUT2D eigenvalue weighted by Gasteiger charge is -2.12. The normalized spacial score (nSPS) is 18.6. The number of nitrogen functional groups attached to an aromatic ring is 1. The largest absolute Gasteiger partial charge is 0.508 e. The molecule has 1 aromatic rings. The fourth-order valence-corrected chi connectivity index (χ4v) is 1.81. The zero-order chi connectivity index (χ0) is 13.0. The van der Waals surface area contributed by atoms with E-state index in [1.54, 1.807) is 12.1 Å². The maximum atomic E-state index is 11.6. The zero-order valence-electron chi connectivity index (χ0n) is 9.98. The molecule has 0 aromatic heterocycles. The third-order valence-corrected chi connectivity index (χ3v) is 2.81. The SMILES string of the molecule is Nc1ccc(O)c(CNC(=O)NC2CCOC2)c1. The van der Waals surface area contributed by atoms with Gasteiger partial charge in [0.1, 0.15) is 5.75 Å². The molecule has 98 valence electrons. The van der Waals surface area contributed by atoms with Gasteiger partial charge in [-0.15, -0.1) is 0 Å². The molecule has 2 rings (SSSR count). The molecule has 0 bridgehead atoms. The molecule has 5 N–H and O–H groups in total. The minimum atomic E-state index is -0.271. The number of urea groups is 1. The van der Waals surface area contributed by atoms with Crippen LogP contribution in [0.5, 0.6) is 5.75 Å². The van der Waals surface area contributed by atoms with Crippen LogP contribution in [0.25, 0.3) is 0 Å². The van der Waals surface area contributed by atoms with Crippen LogP contribution in [0.1, 0.15) is 12.0 Å². The van der Waals surface area contributed by atoms with Crippen LogP contribution >= 0.6 is 0 Å². The molecule has 0 aliphatic carbocycles. The molecule has 1 aliphatic heterocycles. The molecule has 1 aliphatic rings. The average Bonchev–Trinajstić information content (AvgIpc) is 2.83. The molecule has 1 fully saturated rings. The number of ether oxygens (including phenoxy) is 1. The van der Waals surface area contributed by atoms with E-state index in [9.17, 15) is 9.90 Å². The lowest BCUT2D eigenvalue weighted by atomic mass is 10.2. The molecular weight excluding hydrogens is 234 g/mol. The Morgan fingerprint density at radius 2 is 2.39 bits per heavy atom. The molecule has 1 unspecified atom stereocenters. The van der Waals surface area contributed by atoms with Gasteiger partial charge in [-0.05, 0) is 24.6 Å². The van der Waals surface area contributed by atoms with Crippen LogP contribution in [-0.2, 0) is 11.3 Å². The number of hydrogen-bond acceptors (Lipinski definition) is 4. The van der Waals surface area contributed by atoms with Gasteiger partial charge >= 0.3 is 6.03 Å². The Hall–Kier alpha value is -1.95. The van der Waals surface area contributed by atoms with Crippen molar-refractivity contribution in [1.29, 1.82) is 0 Å². The predicted octanol–water partition coefficient (Wildman–Crippen LogP) is 0.562. The number of aromatic hydroxyl groups is 1. The number of phenols is 1. The van der Waals surface area contributed by atoms with Gasteiger partial charge in [-0.1, -0.05) is 0 Å². The van der Waals surface area contributed by atoms with Crippen LogP contribution in [0, 0.1) is 0 Å². The molecule has 2 amide bonds. The number of nitrogens with one attached hydrogen (secondary N) is 2. The van der Waals surface area contributed by atoms with Crippen LogP contribution in [0.2, 0.25) is 0 Å².